The van der Waals surface area contributed by atoms with Crippen LogP contribution in [0.25, 0.3) is 0 Å². The number of nitrogens with zero attached hydrogens (tertiary/aromatic N) is 1. The molecule has 22 heavy (non-hydrogen) atoms. The van der Waals surface area contributed by atoms with Crippen LogP contribution in [0.5, 0.6) is 0 Å². The van der Waals surface area contributed by atoms with Crippen LogP contribution in [0.15, 0.2) is 60.7 Å². The lowest BCUT2D eigenvalue weighted by atomic mass is 9.96. The molecule has 118 valence electrons. The first-order chi connectivity index (χ1) is 10.8. The molecule has 2 rings (SSSR count). The van der Waals surface area contributed by atoms with Gasteiger partial charge in [-0.05, 0) is 23.5 Å². The third kappa shape index (κ3) is 4.82. The van der Waals surface area contributed by atoms with Gasteiger partial charge in [-0.3, -0.25) is 4.90 Å². The van der Waals surface area contributed by atoms with E-state index in [2.05, 4.69) is 102 Å². The summed E-state index contributed by atoms with van der Waals surface area (Å²) in [5.74, 6) is 0.789. The molecule has 2 aromatic rings. The molecular formula is C20H26IN. The number of rotatable bonds is 8. The Kier molecular flexibility index (Phi) is 7.40. The lowest BCUT2D eigenvalue weighted by molar-refractivity contribution is 0.252. The van der Waals surface area contributed by atoms with Crippen molar-refractivity contribution in [2.75, 3.05) is 11.1 Å². The lowest BCUT2D eigenvalue weighted by Crippen LogP contribution is -2.30. The van der Waals surface area contributed by atoms with E-state index in [1.807, 2.05) is 0 Å². The number of halogens is 1. The molecule has 0 saturated heterocycles. The van der Waals surface area contributed by atoms with E-state index in [-0.39, 0.29) is 0 Å². The Hall–Kier alpha value is -0.870. The Morgan fingerprint density at radius 2 is 1.41 bits per heavy atom. The second kappa shape index (κ2) is 9.31. The minimum absolute atomic E-state index is 0.350. The van der Waals surface area contributed by atoms with Gasteiger partial charge in [0.15, 0.2) is 0 Å². The van der Waals surface area contributed by atoms with Gasteiger partial charge < -0.3 is 0 Å². The van der Waals surface area contributed by atoms with Gasteiger partial charge in [-0.25, -0.2) is 0 Å². The van der Waals surface area contributed by atoms with Crippen molar-refractivity contribution in [2.45, 2.75) is 32.7 Å². The normalized spacial score (nSPS) is 12.8. The van der Waals surface area contributed by atoms with Crippen molar-refractivity contribution >= 4 is 22.6 Å². The fourth-order valence-corrected chi connectivity index (χ4v) is 3.47. The molecule has 2 aromatic carbocycles. The molecule has 0 bridgehead atoms. The second-order valence-corrected chi connectivity index (χ2v) is 6.64. The molecule has 2 heteroatoms. The minimum Gasteiger partial charge on any atom is -0.283 e. The maximum atomic E-state index is 2.59. The van der Waals surface area contributed by atoms with E-state index >= 15 is 0 Å². The average molecular weight is 407 g/mol. The van der Waals surface area contributed by atoms with Crippen molar-refractivity contribution in [2.24, 2.45) is 5.92 Å². The highest BCUT2D eigenvalue weighted by Gasteiger charge is 2.21. The quantitative estimate of drug-likeness (QED) is 0.299. The van der Waals surface area contributed by atoms with Gasteiger partial charge in [0.25, 0.3) is 0 Å². The summed E-state index contributed by atoms with van der Waals surface area (Å²) in [5.41, 5.74) is 2.77. The van der Waals surface area contributed by atoms with E-state index in [4.69, 9.17) is 0 Å². The van der Waals surface area contributed by atoms with Crippen molar-refractivity contribution in [3.05, 3.63) is 71.8 Å². The maximum absolute atomic E-state index is 2.59. The van der Waals surface area contributed by atoms with E-state index in [1.165, 1.54) is 24.0 Å². The molecule has 0 aliphatic carbocycles. The zero-order valence-corrected chi connectivity index (χ0v) is 15.7. The number of alkyl halides is 1. The predicted molar refractivity (Wildman–Crippen MR) is 104 cm³/mol. The van der Waals surface area contributed by atoms with Crippen LogP contribution >= 0.6 is 22.6 Å². The van der Waals surface area contributed by atoms with E-state index in [1.54, 1.807) is 0 Å². The van der Waals surface area contributed by atoms with E-state index in [0.717, 1.165) is 17.0 Å². The van der Waals surface area contributed by atoms with Crippen LogP contribution in [0, 0.1) is 5.92 Å². The van der Waals surface area contributed by atoms with Crippen LogP contribution in [-0.2, 0) is 0 Å². The van der Waals surface area contributed by atoms with Crippen LogP contribution in [-0.4, -0.2) is 16.0 Å². The summed E-state index contributed by atoms with van der Waals surface area (Å²) in [6.45, 7) is 5.78. The Morgan fingerprint density at radius 3 is 1.82 bits per heavy atom. The fraction of sp³-hybridized carbons (Fsp3) is 0.400. The van der Waals surface area contributed by atoms with Crippen LogP contribution < -0.4 is 0 Å². The van der Waals surface area contributed by atoms with Crippen LogP contribution in [0.1, 0.15) is 43.9 Å². The molecule has 0 saturated carbocycles. The summed E-state index contributed by atoms with van der Waals surface area (Å²) in [4.78, 5) is 2.59. The molecule has 0 fully saturated rings. The molecule has 0 radical (unpaired) electrons. The van der Waals surface area contributed by atoms with Gasteiger partial charge in [-0.15, -0.1) is 0 Å². The predicted octanol–water partition coefficient (Wildman–Crippen LogP) is 5.91. The first kappa shape index (κ1) is 17.5. The number of hydrogen-bond donors (Lipinski definition) is 0. The molecule has 1 atom stereocenters. The van der Waals surface area contributed by atoms with Crippen molar-refractivity contribution in [3.8, 4) is 0 Å². The third-order valence-electron chi connectivity index (χ3n) is 4.36. The zero-order chi connectivity index (χ0) is 15.8. The molecule has 0 heterocycles. The highest BCUT2D eigenvalue weighted by Crippen LogP contribution is 2.29. The van der Waals surface area contributed by atoms with Gasteiger partial charge >= 0.3 is 0 Å². The van der Waals surface area contributed by atoms with Gasteiger partial charge in [0.1, 0.15) is 0 Å². The van der Waals surface area contributed by atoms with Crippen molar-refractivity contribution < 1.29 is 0 Å². The summed E-state index contributed by atoms with van der Waals surface area (Å²) in [6.07, 6.45) is 2.52. The molecule has 1 unspecified atom stereocenters. The zero-order valence-electron chi connectivity index (χ0n) is 13.6. The Morgan fingerprint density at radius 1 is 0.909 bits per heavy atom. The van der Waals surface area contributed by atoms with Crippen molar-refractivity contribution in [1.29, 1.82) is 0 Å². The van der Waals surface area contributed by atoms with Crippen LogP contribution in [0.3, 0.4) is 0 Å². The monoisotopic (exact) mass is 407 g/mol. The van der Waals surface area contributed by atoms with E-state index in [0.29, 0.717) is 6.04 Å². The molecule has 0 amide bonds. The van der Waals surface area contributed by atoms with Crippen molar-refractivity contribution in [3.63, 3.8) is 0 Å². The molecule has 0 aliphatic heterocycles. The van der Waals surface area contributed by atoms with E-state index in [9.17, 15) is 0 Å². The van der Waals surface area contributed by atoms with Gasteiger partial charge in [0, 0.05) is 6.54 Å². The highest BCUT2D eigenvalue weighted by molar-refractivity contribution is 14.1. The Labute approximate surface area is 148 Å². The largest absolute Gasteiger partial charge is 0.283 e. The summed E-state index contributed by atoms with van der Waals surface area (Å²) in [5, 5.41) is 0. The third-order valence-corrected chi connectivity index (χ3v) is 5.23. The second-order valence-electron chi connectivity index (χ2n) is 5.96. The summed E-state index contributed by atoms with van der Waals surface area (Å²) in [6, 6.07) is 22.1. The minimum atomic E-state index is 0.350. The molecule has 0 aliphatic rings. The first-order valence-electron chi connectivity index (χ1n) is 8.16. The lowest BCUT2D eigenvalue weighted by Gasteiger charge is -2.31. The summed E-state index contributed by atoms with van der Waals surface area (Å²) < 4.78 is 1.04. The molecule has 0 aromatic heterocycles. The Bertz CT molecular complexity index is 486. The van der Waals surface area contributed by atoms with Gasteiger partial charge in [0.2, 0.25) is 0 Å². The number of benzene rings is 2. The molecule has 0 spiro atoms. The summed E-state index contributed by atoms with van der Waals surface area (Å²) >= 11 is 2.50. The standard InChI is InChI=1S/C20H26IN/c1-3-17(2)14-15-22(16-21)20(18-10-6-4-7-11-18)19-12-8-5-9-13-19/h4-13,17,20H,3,14-16H2,1-2H3. The average Bonchev–Trinajstić information content (AvgIpc) is 2.59. The number of hydrogen-bond acceptors (Lipinski definition) is 1. The SMILES string of the molecule is CCC(C)CCN(CI)C(c1ccccc1)c1ccccc1. The summed E-state index contributed by atoms with van der Waals surface area (Å²) in [7, 11) is 0. The Balaban J connectivity index is 2.27. The van der Waals surface area contributed by atoms with Crippen LogP contribution in [0.4, 0.5) is 0 Å². The maximum Gasteiger partial charge on any atom is 0.0608 e. The fourth-order valence-electron chi connectivity index (χ4n) is 2.73. The van der Waals surface area contributed by atoms with Crippen LogP contribution in [0.2, 0.25) is 0 Å². The molecular weight excluding hydrogens is 381 g/mol. The van der Waals surface area contributed by atoms with Gasteiger partial charge in [0.05, 0.1) is 10.6 Å². The smallest absolute Gasteiger partial charge is 0.0608 e. The van der Waals surface area contributed by atoms with Gasteiger partial charge in [-0.1, -0.05) is 104 Å². The topological polar surface area (TPSA) is 3.24 Å². The van der Waals surface area contributed by atoms with Crippen molar-refractivity contribution in [1.82, 2.24) is 4.90 Å². The van der Waals surface area contributed by atoms with E-state index < -0.39 is 0 Å². The van der Waals surface area contributed by atoms with Gasteiger partial charge in [-0.2, -0.15) is 0 Å². The molecule has 1 nitrogen and oxygen atoms in total. The highest BCUT2D eigenvalue weighted by atomic mass is 127. The molecule has 0 N–H and O–H groups in total. The first-order valence-corrected chi connectivity index (χ1v) is 9.68.